The van der Waals surface area contributed by atoms with Gasteiger partial charge in [0.05, 0.1) is 28.3 Å². The van der Waals surface area contributed by atoms with E-state index in [1.165, 1.54) is 16.9 Å². The third kappa shape index (κ3) is 6.26. The lowest BCUT2D eigenvalue weighted by atomic mass is 9.94. The van der Waals surface area contributed by atoms with E-state index in [0.717, 1.165) is 61.5 Å². The fourth-order valence-corrected chi connectivity index (χ4v) is 8.50. The fraction of sp³-hybridized carbons (Fsp3) is 0.533. The van der Waals surface area contributed by atoms with Crippen LogP contribution in [0, 0.1) is 25.7 Å². The van der Waals surface area contributed by atoms with Gasteiger partial charge in [0.15, 0.2) is 5.13 Å². The first-order chi connectivity index (χ1) is 19.1. The highest BCUT2D eigenvalue weighted by molar-refractivity contribution is 7.89. The number of hydrogen-bond donors (Lipinski definition) is 0. The van der Waals surface area contributed by atoms with Crippen molar-refractivity contribution < 1.29 is 17.9 Å². The summed E-state index contributed by atoms with van der Waals surface area (Å²) in [5, 5.41) is 0.670. The average Bonchev–Trinajstić information content (AvgIpc) is 3.38. The second-order valence-electron chi connectivity index (χ2n) is 11.4. The van der Waals surface area contributed by atoms with Crippen molar-refractivity contribution in [2.45, 2.75) is 45.4 Å². The first-order valence-electron chi connectivity index (χ1n) is 14.2. The van der Waals surface area contributed by atoms with Crippen molar-refractivity contribution in [3.05, 3.63) is 53.1 Å². The number of piperidine rings is 1. The average molecular weight is 585 g/mol. The predicted octanol–water partition coefficient (Wildman–Crippen LogP) is 4.95. The highest BCUT2D eigenvalue weighted by Crippen LogP contribution is 2.33. The van der Waals surface area contributed by atoms with Gasteiger partial charge in [-0.1, -0.05) is 31.3 Å². The van der Waals surface area contributed by atoms with Gasteiger partial charge in [0.25, 0.3) is 5.91 Å². The van der Waals surface area contributed by atoms with Crippen LogP contribution < -0.4 is 4.90 Å². The summed E-state index contributed by atoms with van der Waals surface area (Å²) in [4.78, 5) is 23.2. The van der Waals surface area contributed by atoms with Gasteiger partial charge in [-0.15, -0.1) is 0 Å². The molecule has 1 aromatic heterocycles. The van der Waals surface area contributed by atoms with Crippen molar-refractivity contribution in [2.24, 2.45) is 11.8 Å². The highest BCUT2D eigenvalue weighted by atomic mass is 32.2. The molecule has 2 atom stereocenters. The summed E-state index contributed by atoms with van der Waals surface area (Å²) in [7, 11) is -3.61. The minimum absolute atomic E-state index is 0.167. The number of carbonyl (C=O) groups excluding carboxylic acids is 1. The predicted molar refractivity (Wildman–Crippen MR) is 161 cm³/mol. The van der Waals surface area contributed by atoms with E-state index in [9.17, 15) is 13.2 Å². The van der Waals surface area contributed by atoms with Gasteiger partial charge in [-0.25, -0.2) is 13.4 Å². The molecule has 40 heavy (non-hydrogen) atoms. The number of aryl methyl sites for hydroxylation is 2. The lowest BCUT2D eigenvalue weighted by molar-refractivity contribution is 0.0376. The van der Waals surface area contributed by atoms with Gasteiger partial charge < -0.3 is 4.74 Å². The Balaban J connectivity index is 1.39. The van der Waals surface area contributed by atoms with E-state index in [4.69, 9.17) is 9.72 Å². The number of nitrogens with zero attached hydrogens (tertiary/aromatic N) is 4. The second kappa shape index (κ2) is 12.2. The van der Waals surface area contributed by atoms with Crippen molar-refractivity contribution >= 4 is 42.6 Å². The molecular formula is C30H40N4O4S2. The molecule has 2 fully saturated rings. The Hall–Kier alpha value is -2.37. The second-order valence-corrected chi connectivity index (χ2v) is 14.4. The number of ether oxygens (including phenoxy) is 1. The number of thiazole rings is 1. The van der Waals surface area contributed by atoms with Crippen molar-refractivity contribution in [2.75, 3.05) is 57.4 Å². The molecule has 3 heterocycles. The van der Waals surface area contributed by atoms with E-state index < -0.39 is 10.0 Å². The standard InChI is InChI=1S/C30H40N4O4S2/c1-21-18-22(2)20-33(19-21)40(36,37)26-9-7-25(8-10-26)29(35)34(13-5-12-32-14-16-38-17-15-32)30-31-28-24(4)23(3)6-11-27(28)39-30/h6-11,21-22H,5,12-20H2,1-4H3. The topological polar surface area (TPSA) is 83.0 Å². The summed E-state index contributed by atoms with van der Waals surface area (Å²) in [6, 6.07) is 10.6. The van der Waals surface area contributed by atoms with Crippen LogP contribution in [0.4, 0.5) is 5.13 Å². The van der Waals surface area contributed by atoms with Gasteiger partial charge in [-0.2, -0.15) is 4.31 Å². The molecule has 2 aromatic carbocycles. The highest BCUT2D eigenvalue weighted by Gasteiger charge is 2.32. The third-order valence-corrected chi connectivity index (χ3v) is 11.0. The SMILES string of the molecule is Cc1ccc2sc(N(CCCN3CCOCC3)C(=O)c3ccc(S(=O)(=O)N4CC(C)CC(C)C4)cc3)nc2c1C. The minimum atomic E-state index is -3.61. The largest absolute Gasteiger partial charge is 0.379 e. The molecule has 1 amide bonds. The molecule has 3 aromatic rings. The molecule has 0 N–H and O–H groups in total. The van der Waals surface area contributed by atoms with Crippen LogP contribution in [-0.2, 0) is 14.8 Å². The maximum absolute atomic E-state index is 13.9. The zero-order valence-electron chi connectivity index (χ0n) is 23.9. The summed E-state index contributed by atoms with van der Waals surface area (Å²) >= 11 is 1.52. The van der Waals surface area contributed by atoms with Crippen LogP contribution in [0.15, 0.2) is 41.3 Å². The molecule has 0 aliphatic carbocycles. The molecule has 0 spiro atoms. The van der Waals surface area contributed by atoms with E-state index in [2.05, 4.69) is 44.7 Å². The molecule has 10 heteroatoms. The van der Waals surface area contributed by atoms with Crippen LogP contribution in [0.3, 0.4) is 0 Å². The van der Waals surface area contributed by atoms with Crippen LogP contribution in [-0.4, -0.2) is 81.0 Å². The fourth-order valence-electron chi connectivity index (χ4n) is 5.77. The maximum atomic E-state index is 13.9. The molecule has 5 rings (SSSR count). The molecule has 2 aliphatic heterocycles. The maximum Gasteiger partial charge on any atom is 0.260 e. The number of rotatable bonds is 8. The van der Waals surface area contributed by atoms with Crippen molar-refractivity contribution in [1.82, 2.24) is 14.2 Å². The molecule has 216 valence electrons. The van der Waals surface area contributed by atoms with Crippen molar-refractivity contribution in [3.8, 4) is 0 Å². The number of amides is 1. The van der Waals surface area contributed by atoms with Crippen molar-refractivity contribution in [3.63, 3.8) is 0 Å². The van der Waals surface area contributed by atoms with Gasteiger partial charge in [0.2, 0.25) is 10.0 Å². The molecule has 0 radical (unpaired) electrons. The van der Waals surface area contributed by atoms with Crippen LogP contribution in [0.1, 0.15) is 48.2 Å². The molecule has 0 saturated carbocycles. The molecule has 0 bridgehead atoms. The number of fused-ring (bicyclic) bond motifs is 1. The number of aromatic nitrogens is 1. The Bertz CT molecular complexity index is 1440. The van der Waals surface area contributed by atoms with E-state index in [1.807, 2.05) is 0 Å². The molecule has 8 nitrogen and oxygen atoms in total. The Morgan fingerprint density at radius 2 is 1.73 bits per heavy atom. The van der Waals surface area contributed by atoms with Crippen molar-refractivity contribution in [1.29, 1.82) is 0 Å². The third-order valence-electron chi connectivity index (χ3n) is 8.08. The number of anilines is 1. The van der Waals surface area contributed by atoms with Gasteiger partial charge in [0.1, 0.15) is 0 Å². The lowest BCUT2D eigenvalue weighted by Crippen LogP contribution is -2.42. The van der Waals surface area contributed by atoms with Gasteiger partial charge >= 0.3 is 0 Å². The number of sulfonamides is 1. The Morgan fingerprint density at radius 1 is 1.05 bits per heavy atom. The molecule has 2 unspecified atom stereocenters. The van der Waals surface area contributed by atoms with E-state index in [-0.39, 0.29) is 10.8 Å². The number of carbonyl (C=O) groups is 1. The van der Waals surface area contributed by atoms with Gasteiger partial charge in [-0.05, 0) is 80.0 Å². The van der Waals surface area contributed by atoms with E-state index in [0.29, 0.717) is 42.2 Å². The van der Waals surface area contributed by atoms with E-state index >= 15 is 0 Å². The summed E-state index contributed by atoms with van der Waals surface area (Å²) in [5.41, 5.74) is 3.68. The first-order valence-corrected chi connectivity index (χ1v) is 16.5. The zero-order valence-corrected chi connectivity index (χ0v) is 25.6. The van der Waals surface area contributed by atoms with Gasteiger partial charge in [0, 0.05) is 44.8 Å². The summed E-state index contributed by atoms with van der Waals surface area (Å²) in [6.07, 6.45) is 1.84. The summed E-state index contributed by atoms with van der Waals surface area (Å²) in [6.45, 7) is 14.1. The Morgan fingerprint density at radius 3 is 2.40 bits per heavy atom. The van der Waals surface area contributed by atoms with Crippen LogP contribution >= 0.6 is 11.3 Å². The van der Waals surface area contributed by atoms with Crippen LogP contribution in [0.25, 0.3) is 10.2 Å². The zero-order chi connectivity index (χ0) is 28.4. The van der Waals surface area contributed by atoms with Gasteiger partial charge in [-0.3, -0.25) is 14.6 Å². The van der Waals surface area contributed by atoms with E-state index in [1.54, 1.807) is 33.5 Å². The number of benzene rings is 2. The summed E-state index contributed by atoms with van der Waals surface area (Å²) in [5.74, 6) is 0.484. The molecule has 2 aliphatic rings. The number of hydrogen-bond acceptors (Lipinski definition) is 7. The smallest absolute Gasteiger partial charge is 0.260 e. The van der Waals surface area contributed by atoms with Crippen LogP contribution in [0.5, 0.6) is 0 Å². The Kier molecular flexibility index (Phi) is 8.92. The first kappa shape index (κ1) is 29.1. The van der Waals surface area contributed by atoms with Crippen LogP contribution in [0.2, 0.25) is 0 Å². The monoisotopic (exact) mass is 584 g/mol. The molecule has 2 saturated heterocycles. The number of morpholine rings is 1. The minimum Gasteiger partial charge on any atom is -0.379 e. The molecular weight excluding hydrogens is 544 g/mol. The lowest BCUT2D eigenvalue weighted by Gasteiger charge is -2.34. The quantitative estimate of drug-likeness (QED) is 0.373. The Labute approximate surface area is 242 Å². The normalized spacial score (nSPS) is 21.1. The summed E-state index contributed by atoms with van der Waals surface area (Å²) < 4.78 is 34.9.